The van der Waals surface area contributed by atoms with Crippen LogP contribution in [0.2, 0.25) is 0 Å². The van der Waals surface area contributed by atoms with E-state index in [1.54, 1.807) is 12.1 Å². The van der Waals surface area contributed by atoms with Crippen LogP contribution in [0.3, 0.4) is 0 Å². The first-order valence-electron chi connectivity index (χ1n) is 5.10. The van der Waals surface area contributed by atoms with E-state index in [4.69, 9.17) is 25.9 Å². The molecule has 1 aromatic carbocycles. The van der Waals surface area contributed by atoms with Gasteiger partial charge in [-0.05, 0) is 15.9 Å². The van der Waals surface area contributed by atoms with Gasteiger partial charge in [-0.15, -0.1) is 0 Å². The van der Waals surface area contributed by atoms with Gasteiger partial charge < -0.3 is 9.11 Å². The van der Waals surface area contributed by atoms with Crippen molar-refractivity contribution in [2.45, 2.75) is 11.0 Å². The summed E-state index contributed by atoms with van der Waals surface area (Å²) in [5, 5.41) is 0. The van der Waals surface area contributed by atoms with Gasteiger partial charge in [0.1, 0.15) is 0 Å². The van der Waals surface area contributed by atoms with E-state index >= 15 is 0 Å². The summed E-state index contributed by atoms with van der Waals surface area (Å²) in [6.45, 7) is 0. The first-order valence-corrected chi connectivity index (χ1v) is 8.71. The van der Waals surface area contributed by atoms with Crippen LogP contribution in [0, 0.1) is 0 Å². The Morgan fingerprint density at radius 2 is 1.04 bits per heavy atom. The fourth-order valence-corrected chi connectivity index (χ4v) is 0.834. The number of carbonyl (C=O) groups is 1. The summed E-state index contributed by atoms with van der Waals surface area (Å²) in [7, 11) is -12.2. The molecule has 0 aromatic heterocycles. The van der Waals surface area contributed by atoms with Crippen molar-refractivity contribution in [1.82, 2.24) is 0 Å². The van der Waals surface area contributed by atoms with E-state index in [2.05, 4.69) is 15.9 Å². The first kappa shape index (κ1) is 30.1. The zero-order valence-electron chi connectivity index (χ0n) is 11.9. The summed E-state index contributed by atoms with van der Waals surface area (Å²) < 4.78 is 118. The third-order valence-corrected chi connectivity index (χ3v) is 3.16. The molecule has 0 aliphatic rings. The molecule has 26 heavy (non-hydrogen) atoms. The normalized spacial score (nSPS) is 11.7. The molecular formula is C9H5BrF6O7S2Zn. The van der Waals surface area contributed by atoms with Gasteiger partial charge in [0.2, 0.25) is 4.69 Å². The summed E-state index contributed by atoms with van der Waals surface area (Å²) in [5.74, 6) is 0. The van der Waals surface area contributed by atoms with Gasteiger partial charge in [-0.3, -0.25) is 4.79 Å². The van der Waals surface area contributed by atoms with Gasteiger partial charge in [0.15, 0.2) is 20.2 Å². The number of hydrogen-bond donors (Lipinski definition) is 0. The number of hydrogen-bond acceptors (Lipinski definition) is 7. The van der Waals surface area contributed by atoms with Crippen LogP contribution < -0.4 is 0 Å². The molecule has 0 fully saturated rings. The van der Waals surface area contributed by atoms with Crippen molar-refractivity contribution in [1.29, 1.82) is 0 Å². The molecule has 0 N–H and O–H groups in total. The van der Waals surface area contributed by atoms with E-state index in [0.717, 1.165) is 0 Å². The Bertz CT molecular complexity index is 720. The monoisotopic (exact) mass is 546 g/mol. The number of rotatable bonds is 1. The number of halogens is 7. The van der Waals surface area contributed by atoms with Gasteiger partial charge >= 0.3 is 30.5 Å². The molecule has 0 radical (unpaired) electrons. The molecule has 0 unspecified atom stereocenters. The van der Waals surface area contributed by atoms with Gasteiger partial charge in [-0.25, -0.2) is 16.8 Å². The Hall–Kier alpha value is -0.607. The fourth-order valence-electron chi connectivity index (χ4n) is 0.569. The van der Waals surface area contributed by atoms with Crippen molar-refractivity contribution in [3.8, 4) is 0 Å². The standard InChI is InChI=1S/C7H5BrO.2CHF3O3S.Zn/c8-7(9)6-4-2-1-3-5-6;2*2-1(3,4)8(5,6)7;/h1-5H;2*(H,5,6,7);/q;;;+2/p-2. The van der Waals surface area contributed by atoms with E-state index < -0.39 is 31.3 Å². The Morgan fingerprint density at radius 3 is 1.15 bits per heavy atom. The van der Waals surface area contributed by atoms with Gasteiger partial charge in [-0.2, -0.15) is 26.3 Å². The van der Waals surface area contributed by atoms with Crippen LogP contribution in [-0.4, -0.2) is 41.7 Å². The smallest absolute Gasteiger partial charge is 0.741 e. The second-order valence-electron chi connectivity index (χ2n) is 3.44. The fraction of sp³-hybridized carbons (Fsp3) is 0.222. The van der Waals surface area contributed by atoms with Crippen LogP contribution in [0.5, 0.6) is 0 Å². The van der Waals surface area contributed by atoms with Crippen molar-refractivity contribution in [3.05, 3.63) is 35.9 Å². The molecule has 0 heterocycles. The summed E-state index contributed by atoms with van der Waals surface area (Å²) in [5.41, 5.74) is -10.6. The summed E-state index contributed by atoms with van der Waals surface area (Å²) in [6.07, 6.45) is 0. The minimum absolute atomic E-state index is 0. The van der Waals surface area contributed by atoms with Crippen LogP contribution in [0.1, 0.15) is 10.4 Å². The molecule has 0 spiro atoms. The third kappa shape index (κ3) is 13.6. The molecule has 7 nitrogen and oxygen atoms in total. The van der Waals surface area contributed by atoms with Crippen molar-refractivity contribution >= 4 is 40.9 Å². The minimum atomic E-state index is -6.09. The maximum absolute atomic E-state index is 10.7. The predicted molar refractivity (Wildman–Crippen MR) is 71.2 cm³/mol. The number of alkyl halides is 6. The van der Waals surface area contributed by atoms with Crippen LogP contribution in [0.4, 0.5) is 26.3 Å². The van der Waals surface area contributed by atoms with Gasteiger partial charge in [0, 0.05) is 5.56 Å². The second-order valence-corrected chi connectivity index (χ2v) is 6.90. The topological polar surface area (TPSA) is 131 Å². The molecule has 1 rings (SSSR count). The largest absolute Gasteiger partial charge is 2.00 e. The Morgan fingerprint density at radius 1 is 0.808 bits per heavy atom. The summed E-state index contributed by atoms with van der Waals surface area (Å²) >= 11 is 2.84. The molecular weight excluding hydrogens is 544 g/mol. The van der Waals surface area contributed by atoms with Crippen LogP contribution in [0.25, 0.3) is 0 Å². The minimum Gasteiger partial charge on any atom is -0.741 e. The molecule has 146 valence electrons. The van der Waals surface area contributed by atoms with E-state index in [9.17, 15) is 31.1 Å². The summed E-state index contributed by atoms with van der Waals surface area (Å²) in [4.78, 5) is 10.6. The van der Waals surface area contributed by atoms with Crippen LogP contribution in [-0.2, 0) is 39.7 Å². The summed E-state index contributed by atoms with van der Waals surface area (Å²) in [6, 6.07) is 9.05. The molecule has 0 atom stereocenters. The van der Waals surface area contributed by atoms with Gasteiger partial charge in [-0.1, -0.05) is 30.3 Å². The average molecular weight is 549 g/mol. The van der Waals surface area contributed by atoms with E-state index in [-0.39, 0.29) is 24.2 Å². The molecule has 0 amide bonds. The van der Waals surface area contributed by atoms with Gasteiger partial charge in [0.05, 0.1) is 0 Å². The molecule has 0 aliphatic heterocycles. The van der Waals surface area contributed by atoms with E-state index in [1.807, 2.05) is 18.2 Å². The third-order valence-electron chi connectivity index (χ3n) is 1.57. The van der Waals surface area contributed by atoms with Crippen LogP contribution in [0.15, 0.2) is 30.3 Å². The molecule has 0 bridgehead atoms. The number of carbonyl (C=O) groups excluding carboxylic acids is 1. The Kier molecular flexibility index (Phi) is 13.1. The maximum atomic E-state index is 10.7. The molecule has 17 heteroatoms. The number of benzene rings is 1. The van der Waals surface area contributed by atoms with E-state index in [0.29, 0.717) is 5.56 Å². The van der Waals surface area contributed by atoms with Crippen molar-refractivity contribution < 1.29 is 76.6 Å². The van der Waals surface area contributed by atoms with Gasteiger partial charge in [0.25, 0.3) is 0 Å². The van der Waals surface area contributed by atoms with Crippen molar-refractivity contribution in [3.63, 3.8) is 0 Å². The van der Waals surface area contributed by atoms with Crippen molar-refractivity contribution in [2.24, 2.45) is 0 Å². The average Bonchev–Trinajstić information content (AvgIpc) is 2.36. The Balaban J connectivity index is -0.000000301. The molecule has 0 saturated carbocycles. The maximum Gasteiger partial charge on any atom is 2.00 e. The molecule has 0 aliphatic carbocycles. The first-order chi connectivity index (χ1) is 10.8. The Labute approximate surface area is 164 Å². The molecule has 0 saturated heterocycles. The zero-order chi connectivity index (χ0) is 20.7. The van der Waals surface area contributed by atoms with E-state index in [1.165, 1.54) is 0 Å². The van der Waals surface area contributed by atoms with Crippen LogP contribution >= 0.6 is 15.9 Å². The second kappa shape index (κ2) is 11.3. The quantitative estimate of drug-likeness (QED) is 0.173. The van der Waals surface area contributed by atoms with Crippen molar-refractivity contribution in [2.75, 3.05) is 0 Å². The molecule has 1 aromatic rings. The predicted octanol–water partition coefficient (Wildman–Crippen LogP) is 2.32. The zero-order valence-corrected chi connectivity index (χ0v) is 18.1. The SMILES string of the molecule is O=C(Br)c1ccccc1.O=S(=O)([O-])C(F)(F)F.O=S(=O)([O-])C(F)(F)F.[Zn+2].